The zero-order valence-electron chi connectivity index (χ0n) is 19.9. The van der Waals surface area contributed by atoms with Gasteiger partial charge in [0.15, 0.2) is 0 Å². The monoisotopic (exact) mass is 463 g/mol. The van der Waals surface area contributed by atoms with Gasteiger partial charge >= 0.3 is 0 Å². The van der Waals surface area contributed by atoms with Crippen LogP contribution in [-0.2, 0) is 5.41 Å². The molecule has 0 aliphatic heterocycles. The van der Waals surface area contributed by atoms with Crippen molar-refractivity contribution in [3.05, 3.63) is 103 Å². The summed E-state index contributed by atoms with van der Waals surface area (Å²) in [4.78, 5) is 19.0. The molecule has 0 radical (unpaired) electrons. The van der Waals surface area contributed by atoms with E-state index in [0.717, 1.165) is 33.0 Å². The maximum Gasteiger partial charge on any atom is 0.235 e. The predicted octanol–water partition coefficient (Wildman–Crippen LogP) is 6.98. The van der Waals surface area contributed by atoms with Crippen LogP contribution in [0.3, 0.4) is 0 Å². The van der Waals surface area contributed by atoms with Gasteiger partial charge in [0.2, 0.25) is 5.95 Å². The first-order chi connectivity index (χ1) is 17.6. The average molecular weight is 464 g/mol. The molecule has 0 spiro atoms. The van der Waals surface area contributed by atoms with Gasteiger partial charge in [-0.1, -0.05) is 62.4 Å². The number of benzene rings is 4. The molecule has 3 heterocycles. The Morgan fingerprint density at radius 1 is 0.694 bits per heavy atom. The van der Waals surface area contributed by atoms with Crippen LogP contribution in [0.15, 0.2) is 91.4 Å². The smallest absolute Gasteiger partial charge is 0.235 e. The maximum atomic E-state index is 5.02. The zero-order valence-corrected chi connectivity index (χ0v) is 19.9. The van der Waals surface area contributed by atoms with E-state index in [2.05, 4.69) is 83.0 Å². The first kappa shape index (κ1) is 19.6. The Kier molecular flexibility index (Phi) is 3.67. The fourth-order valence-corrected chi connectivity index (χ4v) is 6.08. The van der Waals surface area contributed by atoms with Gasteiger partial charge in [-0.15, -0.1) is 0 Å². The van der Waals surface area contributed by atoms with Gasteiger partial charge in [0.1, 0.15) is 0 Å². The summed E-state index contributed by atoms with van der Waals surface area (Å²) in [5.74, 6) is 0.688. The van der Waals surface area contributed by atoms with Gasteiger partial charge < -0.3 is 0 Å². The molecule has 0 saturated heterocycles. The fourth-order valence-electron chi connectivity index (χ4n) is 6.08. The number of para-hydroxylation sites is 2. The van der Waals surface area contributed by atoms with Crippen molar-refractivity contribution in [2.75, 3.05) is 0 Å². The van der Waals surface area contributed by atoms with Crippen molar-refractivity contribution in [3.8, 4) is 17.1 Å². The predicted molar refractivity (Wildman–Crippen MR) is 145 cm³/mol. The van der Waals surface area contributed by atoms with Crippen molar-refractivity contribution in [1.29, 1.82) is 0 Å². The van der Waals surface area contributed by atoms with Gasteiger partial charge in [-0.05, 0) is 46.5 Å². The summed E-state index contributed by atoms with van der Waals surface area (Å²) >= 11 is 0. The summed E-state index contributed by atoms with van der Waals surface area (Å²) in [5, 5.41) is 3.45. The SMILES string of the molecule is CC1(C)c2cc3nccnc3cc2-c2ccc3c4ccccc4n(-c4ncc5ccccc5n4)c3c21. The van der Waals surface area contributed by atoms with Crippen LogP contribution in [0.4, 0.5) is 0 Å². The number of hydrogen-bond acceptors (Lipinski definition) is 4. The van der Waals surface area contributed by atoms with Crippen molar-refractivity contribution in [1.82, 2.24) is 24.5 Å². The van der Waals surface area contributed by atoms with Crippen molar-refractivity contribution in [3.63, 3.8) is 0 Å². The molecule has 3 aromatic heterocycles. The lowest BCUT2D eigenvalue weighted by molar-refractivity contribution is 0.664. The van der Waals surface area contributed by atoms with E-state index in [-0.39, 0.29) is 5.41 Å². The second kappa shape index (κ2) is 6.73. The molecule has 5 heteroatoms. The van der Waals surface area contributed by atoms with Crippen molar-refractivity contribution in [2.24, 2.45) is 0 Å². The van der Waals surface area contributed by atoms with Crippen LogP contribution in [0.5, 0.6) is 0 Å². The van der Waals surface area contributed by atoms with Gasteiger partial charge in [-0.3, -0.25) is 14.5 Å². The van der Waals surface area contributed by atoms with Crippen LogP contribution in [0.1, 0.15) is 25.0 Å². The van der Waals surface area contributed by atoms with Crippen molar-refractivity contribution in [2.45, 2.75) is 19.3 Å². The zero-order chi connectivity index (χ0) is 24.0. The molecule has 1 aliphatic rings. The Bertz CT molecular complexity index is 2030. The number of aromatic nitrogens is 5. The molecular formula is C31H21N5. The molecule has 0 fully saturated rings. The van der Waals surface area contributed by atoms with E-state index in [1.165, 1.54) is 33.0 Å². The van der Waals surface area contributed by atoms with Crippen LogP contribution >= 0.6 is 0 Å². The second-order valence-corrected chi connectivity index (χ2v) is 10.0. The summed E-state index contributed by atoms with van der Waals surface area (Å²) in [6, 6.07) is 25.6. The molecule has 0 amide bonds. The van der Waals surface area contributed by atoms with E-state index in [1.807, 2.05) is 24.4 Å². The third kappa shape index (κ3) is 2.44. The first-order valence-electron chi connectivity index (χ1n) is 12.2. The molecule has 5 nitrogen and oxygen atoms in total. The minimum Gasteiger partial charge on any atom is -0.278 e. The lowest BCUT2D eigenvalue weighted by Crippen LogP contribution is -2.17. The minimum atomic E-state index is -0.237. The highest BCUT2D eigenvalue weighted by atomic mass is 15.2. The van der Waals surface area contributed by atoms with E-state index in [9.17, 15) is 0 Å². The van der Waals surface area contributed by atoms with Gasteiger partial charge in [-0.25, -0.2) is 9.97 Å². The van der Waals surface area contributed by atoms with Crippen LogP contribution in [0.2, 0.25) is 0 Å². The van der Waals surface area contributed by atoms with Crippen LogP contribution < -0.4 is 0 Å². The van der Waals surface area contributed by atoms with Gasteiger partial charge in [-0.2, -0.15) is 0 Å². The highest BCUT2D eigenvalue weighted by molar-refractivity contribution is 6.13. The first-order valence-corrected chi connectivity index (χ1v) is 12.2. The highest BCUT2D eigenvalue weighted by Gasteiger charge is 2.39. The molecule has 4 aromatic carbocycles. The van der Waals surface area contributed by atoms with Gasteiger partial charge in [0.05, 0.1) is 27.6 Å². The van der Waals surface area contributed by atoms with E-state index in [4.69, 9.17) is 9.97 Å². The Hall–Kier alpha value is -4.64. The number of rotatable bonds is 1. The number of fused-ring (bicyclic) bond motifs is 9. The lowest BCUT2D eigenvalue weighted by Gasteiger charge is -2.23. The van der Waals surface area contributed by atoms with Gasteiger partial charge in [0, 0.05) is 40.2 Å². The number of hydrogen-bond donors (Lipinski definition) is 0. The van der Waals surface area contributed by atoms with E-state index in [1.54, 1.807) is 12.4 Å². The summed E-state index contributed by atoms with van der Waals surface area (Å²) < 4.78 is 2.25. The van der Waals surface area contributed by atoms with Crippen LogP contribution in [0, 0.1) is 0 Å². The molecule has 36 heavy (non-hydrogen) atoms. The Labute approximate surface area is 207 Å². The molecule has 0 unspecified atom stereocenters. The summed E-state index contributed by atoms with van der Waals surface area (Å²) in [5.41, 5.74) is 9.83. The Balaban J connectivity index is 1.53. The molecular weight excluding hydrogens is 442 g/mol. The van der Waals surface area contributed by atoms with Crippen LogP contribution in [-0.4, -0.2) is 24.5 Å². The molecule has 0 N–H and O–H groups in total. The highest BCUT2D eigenvalue weighted by Crippen LogP contribution is 2.53. The summed E-state index contributed by atoms with van der Waals surface area (Å²) in [6.07, 6.45) is 5.44. The molecule has 0 saturated carbocycles. The molecule has 170 valence electrons. The normalized spacial score (nSPS) is 14.1. The quantitative estimate of drug-likeness (QED) is 0.264. The average Bonchev–Trinajstić information content (AvgIpc) is 3.36. The molecule has 8 rings (SSSR count). The summed E-state index contributed by atoms with van der Waals surface area (Å²) in [7, 11) is 0. The van der Waals surface area contributed by atoms with Crippen LogP contribution in [0.25, 0.3) is 60.8 Å². The largest absolute Gasteiger partial charge is 0.278 e. The topological polar surface area (TPSA) is 56.5 Å². The summed E-state index contributed by atoms with van der Waals surface area (Å²) in [6.45, 7) is 4.62. The standard InChI is InChI=1S/C31H21N5/c1-31(2)23-16-26-25(32-13-14-33-26)15-22(23)20-11-12-21-19-8-4-6-10-27(19)36(29(21)28(20)31)30-34-17-18-7-3-5-9-24(18)35-30/h3-17H,1-2H3. The van der Waals surface area contributed by atoms with Gasteiger partial charge in [0.25, 0.3) is 0 Å². The van der Waals surface area contributed by atoms with Crippen molar-refractivity contribution < 1.29 is 0 Å². The minimum absolute atomic E-state index is 0.237. The number of nitrogens with zero attached hydrogens (tertiary/aromatic N) is 5. The third-order valence-electron chi connectivity index (χ3n) is 7.71. The third-order valence-corrected chi connectivity index (χ3v) is 7.71. The molecule has 0 bridgehead atoms. The van der Waals surface area contributed by atoms with Crippen molar-refractivity contribution >= 4 is 43.7 Å². The Morgan fingerprint density at radius 2 is 1.47 bits per heavy atom. The van der Waals surface area contributed by atoms with E-state index in [0.29, 0.717) is 5.95 Å². The maximum absolute atomic E-state index is 5.02. The molecule has 0 atom stereocenters. The fraction of sp³-hybridized carbons (Fsp3) is 0.0968. The second-order valence-electron chi connectivity index (χ2n) is 10.0. The molecule has 1 aliphatic carbocycles. The lowest BCUT2D eigenvalue weighted by atomic mass is 9.81. The Morgan fingerprint density at radius 3 is 2.36 bits per heavy atom. The van der Waals surface area contributed by atoms with E-state index < -0.39 is 0 Å². The van der Waals surface area contributed by atoms with E-state index >= 15 is 0 Å². The molecule has 7 aromatic rings.